The fourth-order valence-corrected chi connectivity index (χ4v) is 6.34. The summed E-state index contributed by atoms with van der Waals surface area (Å²) in [7, 11) is 3.38. The average Bonchev–Trinajstić information content (AvgIpc) is 2.60. The van der Waals surface area contributed by atoms with Crippen molar-refractivity contribution in [2.75, 3.05) is 27.3 Å². The molecule has 0 aliphatic heterocycles. The minimum absolute atomic E-state index is 0. The number of ether oxygens (including phenoxy) is 2. The molecule has 146 valence electrons. The normalized spacial score (nSPS) is 31.5. The minimum atomic E-state index is 0. The van der Waals surface area contributed by atoms with Gasteiger partial charge in [0.2, 0.25) is 0 Å². The van der Waals surface area contributed by atoms with Gasteiger partial charge < -0.3 is 14.8 Å². The zero-order valence-electron chi connectivity index (χ0n) is 16.3. The Morgan fingerprint density at radius 3 is 2.12 bits per heavy atom. The molecule has 4 bridgehead atoms. The van der Waals surface area contributed by atoms with Gasteiger partial charge >= 0.3 is 0 Å². The predicted molar refractivity (Wildman–Crippen MR) is 109 cm³/mol. The molecule has 1 N–H and O–H groups in total. The van der Waals surface area contributed by atoms with Crippen LogP contribution in [0.15, 0.2) is 18.2 Å². The lowest BCUT2D eigenvalue weighted by molar-refractivity contribution is -0.0567. The van der Waals surface area contributed by atoms with Crippen LogP contribution < -0.4 is 14.8 Å². The van der Waals surface area contributed by atoms with E-state index < -0.39 is 0 Å². The largest absolute Gasteiger partial charge is 0.493 e. The first kappa shape index (κ1) is 19.8. The maximum atomic E-state index is 5.40. The summed E-state index contributed by atoms with van der Waals surface area (Å²) >= 11 is 0. The van der Waals surface area contributed by atoms with Crippen molar-refractivity contribution in [3.63, 3.8) is 0 Å². The Labute approximate surface area is 164 Å². The second kappa shape index (κ2) is 8.39. The van der Waals surface area contributed by atoms with Crippen molar-refractivity contribution in [1.82, 2.24) is 5.32 Å². The summed E-state index contributed by atoms with van der Waals surface area (Å²) in [5, 5.41) is 3.70. The van der Waals surface area contributed by atoms with Gasteiger partial charge in [0.1, 0.15) is 0 Å². The number of hydrogen-bond donors (Lipinski definition) is 1. The molecular formula is C22H34ClNO2. The van der Waals surface area contributed by atoms with Crippen molar-refractivity contribution < 1.29 is 9.47 Å². The fraction of sp³-hybridized carbons (Fsp3) is 0.727. The summed E-state index contributed by atoms with van der Waals surface area (Å²) in [5.41, 5.74) is 2.01. The Balaban J connectivity index is 0.00000196. The lowest BCUT2D eigenvalue weighted by Gasteiger charge is -2.57. The van der Waals surface area contributed by atoms with Gasteiger partial charge in [-0.2, -0.15) is 0 Å². The third-order valence-electron chi connectivity index (χ3n) is 7.04. The SMILES string of the molecule is COc1ccc(CCNCCC23CC4CC(CC(C4)C2)C3)cc1OC.Cl. The van der Waals surface area contributed by atoms with Crippen LogP contribution in [0.5, 0.6) is 11.5 Å². The van der Waals surface area contributed by atoms with Crippen LogP contribution in [0.1, 0.15) is 50.5 Å². The highest BCUT2D eigenvalue weighted by molar-refractivity contribution is 5.85. The first-order valence-corrected chi connectivity index (χ1v) is 10.1. The quantitative estimate of drug-likeness (QED) is 0.654. The zero-order chi connectivity index (χ0) is 17.3. The zero-order valence-corrected chi connectivity index (χ0v) is 17.1. The topological polar surface area (TPSA) is 30.5 Å². The molecule has 4 saturated carbocycles. The summed E-state index contributed by atoms with van der Waals surface area (Å²) in [6.07, 6.45) is 11.6. The van der Waals surface area contributed by atoms with Crippen LogP contribution in [0, 0.1) is 23.2 Å². The molecule has 0 unspecified atom stereocenters. The van der Waals surface area contributed by atoms with E-state index in [1.54, 1.807) is 33.5 Å². The molecular weight excluding hydrogens is 346 g/mol. The van der Waals surface area contributed by atoms with E-state index in [-0.39, 0.29) is 12.4 Å². The van der Waals surface area contributed by atoms with Gasteiger partial charge in [-0.05, 0) is 105 Å². The Morgan fingerprint density at radius 1 is 0.923 bits per heavy atom. The number of benzene rings is 1. The molecule has 4 fully saturated rings. The first-order chi connectivity index (χ1) is 12.2. The van der Waals surface area contributed by atoms with Crippen molar-refractivity contribution in [2.45, 2.75) is 51.4 Å². The van der Waals surface area contributed by atoms with Crippen molar-refractivity contribution >= 4 is 12.4 Å². The standard InChI is InChI=1S/C22H33NO2.ClH/c1-24-20-4-3-16(12-21(20)25-2)5-7-23-8-6-22-13-17-9-18(14-22)11-19(10-17)15-22;/h3-4,12,17-19,23H,5-11,13-15H2,1-2H3;1H. The van der Waals surface area contributed by atoms with Gasteiger partial charge in [-0.3, -0.25) is 0 Å². The number of nitrogens with one attached hydrogen (secondary N) is 1. The number of methoxy groups -OCH3 is 2. The molecule has 4 heteroatoms. The lowest BCUT2D eigenvalue weighted by atomic mass is 9.49. The van der Waals surface area contributed by atoms with Crippen molar-refractivity contribution in [2.24, 2.45) is 23.2 Å². The van der Waals surface area contributed by atoms with E-state index in [1.165, 1.54) is 37.8 Å². The second-order valence-electron chi connectivity index (χ2n) is 8.86. The van der Waals surface area contributed by atoms with Gasteiger partial charge in [-0.15, -0.1) is 12.4 Å². The van der Waals surface area contributed by atoms with E-state index in [0.29, 0.717) is 5.41 Å². The average molecular weight is 380 g/mol. The Hall–Kier alpha value is -0.930. The molecule has 1 aromatic carbocycles. The van der Waals surface area contributed by atoms with Crippen molar-refractivity contribution in [3.8, 4) is 11.5 Å². The summed E-state index contributed by atoms with van der Waals surface area (Å²) in [4.78, 5) is 0. The van der Waals surface area contributed by atoms with E-state index in [2.05, 4.69) is 17.4 Å². The van der Waals surface area contributed by atoms with Crippen LogP contribution in [0.2, 0.25) is 0 Å². The van der Waals surface area contributed by atoms with Crippen molar-refractivity contribution in [1.29, 1.82) is 0 Å². The monoisotopic (exact) mass is 379 g/mol. The van der Waals surface area contributed by atoms with Crippen LogP contribution in [0.4, 0.5) is 0 Å². The molecule has 0 saturated heterocycles. The molecule has 0 heterocycles. The molecule has 5 rings (SSSR count). The molecule has 1 aromatic rings. The fourth-order valence-electron chi connectivity index (χ4n) is 6.34. The summed E-state index contributed by atoms with van der Waals surface area (Å²) in [6.45, 7) is 2.22. The highest BCUT2D eigenvalue weighted by atomic mass is 35.5. The van der Waals surface area contributed by atoms with Gasteiger partial charge in [-0.25, -0.2) is 0 Å². The third kappa shape index (κ3) is 4.14. The van der Waals surface area contributed by atoms with Gasteiger partial charge in [0, 0.05) is 0 Å². The summed E-state index contributed by atoms with van der Waals surface area (Å²) in [5.74, 6) is 4.84. The van der Waals surface area contributed by atoms with E-state index >= 15 is 0 Å². The predicted octanol–water partition coefficient (Wildman–Crippen LogP) is 4.86. The van der Waals surface area contributed by atoms with Crippen LogP contribution in [-0.4, -0.2) is 27.3 Å². The maximum absolute atomic E-state index is 5.40. The molecule has 0 spiro atoms. The Kier molecular flexibility index (Phi) is 6.40. The van der Waals surface area contributed by atoms with Gasteiger partial charge in [0.15, 0.2) is 11.5 Å². The molecule has 4 aliphatic rings. The number of hydrogen-bond acceptors (Lipinski definition) is 3. The van der Waals surface area contributed by atoms with Crippen LogP contribution in [0.25, 0.3) is 0 Å². The highest BCUT2D eigenvalue weighted by Gasteiger charge is 2.50. The molecule has 0 radical (unpaired) electrons. The summed E-state index contributed by atoms with van der Waals surface area (Å²) in [6, 6.07) is 6.24. The van der Waals surface area contributed by atoms with Crippen LogP contribution in [0.3, 0.4) is 0 Å². The van der Waals surface area contributed by atoms with E-state index in [0.717, 1.165) is 42.2 Å². The Morgan fingerprint density at radius 2 is 1.54 bits per heavy atom. The van der Waals surface area contributed by atoms with Gasteiger partial charge in [-0.1, -0.05) is 6.07 Å². The smallest absolute Gasteiger partial charge is 0.160 e. The minimum Gasteiger partial charge on any atom is -0.493 e. The molecule has 26 heavy (non-hydrogen) atoms. The highest BCUT2D eigenvalue weighted by Crippen LogP contribution is 2.61. The van der Waals surface area contributed by atoms with Gasteiger partial charge in [0.25, 0.3) is 0 Å². The van der Waals surface area contributed by atoms with E-state index in [4.69, 9.17) is 9.47 Å². The van der Waals surface area contributed by atoms with Gasteiger partial charge in [0.05, 0.1) is 14.2 Å². The molecule has 0 amide bonds. The van der Waals surface area contributed by atoms with E-state index in [1.807, 2.05) is 6.07 Å². The van der Waals surface area contributed by atoms with Crippen LogP contribution in [-0.2, 0) is 6.42 Å². The second-order valence-corrected chi connectivity index (χ2v) is 8.86. The molecule has 4 aliphatic carbocycles. The van der Waals surface area contributed by atoms with Crippen LogP contribution >= 0.6 is 12.4 Å². The number of rotatable bonds is 8. The molecule has 3 nitrogen and oxygen atoms in total. The summed E-state index contributed by atoms with van der Waals surface area (Å²) < 4.78 is 10.7. The first-order valence-electron chi connectivity index (χ1n) is 10.1. The van der Waals surface area contributed by atoms with E-state index in [9.17, 15) is 0 Å². The maximum Gasteiger partial charge on any atom is 0.160 e. The molecule has 0 atom stereocenters. The Bertz CT molecular complexity index is 569. The molecule has 0 aromatic heterocycles. The number of halogens is 1. The lowest BCUT2D eigenvalue weighted by Crippen LogP contribution is -2.47. The van der Waals surface area contributed by atoms with Crippen molar-refractivity contribution in [3.05, 3.63) is 23.8 Å². The third-order valence-corrected chi connectivity index (χ3v) is 7.04.